The molecule has 0 unspecified atom stereocenters. The van der Waals surface area contributed by atoms with Gasteiger partial charge in [0.1, 0.15) is 16.5 Å². The van der Waals surface area contributed by atoms with Gasteiger partial charge in [-0.1, -0.05) is 23.7 Å². The van der Waals surface area contributed by atoms with Crippen molar-refractivity contribution < 1.29 is 4.79 Å². The number of nitrogens with zero attached hydrogens (tertiary/aromatic N) is 3. The number of carbonyl (C=O) groups excluding carboxylic acids is 1. The predicted octanol–water partition coefficient (Wildman–Crippen LogP) is 1.15. The highest BCUT2D eigenvalue weighted by Crippen LogP contribution is 2.21. The first-order valence-electron chi connectivity index (χ1n) is 6.70. The Balaban J connectivity index is 1.88. The number of benzene rings is 1. The van der Waals surface area contributed by atoms with Crippen molar-refractivity contribution in [3.8, 4) is 0 Å². The number of nitrogens with one attached hydrogen (secondary N) is 2. The molecule has 23 heavy (non-hydrogen) atoms. The van der Waals surface area contributed by atoms with E-state index < -0.39 is 5.91 Å². The van der Waals surface area contributed by atoms with Gasteiger partial charge in [-0.05, 0) is 12.1 Å². The molecule has 3 rings (SSSR count). The van der Waals surface area contributed by atoms with Gasteiger partial charge in [0, 0.05) is 7.05 Å². The summed E-state index contributed by atoms with van der Waals surface area (Å²) in [6, 6.07) is 6.98. The first kappa shape index (κ1) is 15.0. The van der Waals surface area contributed by atoms with Crippen LogP contribution < -0.4 is 11.3 Å². The van der Waals surface area contributed by atoms with Crippen molar-refractivity contribution in [3.05, 3.63) is 51.2 Å². The van der Waals surface area contributed by atoms with Crippen LogP contribution in [0, 0.1) is 0 Å². The Bertz CT molecular complexity index is 948. The zero-order valence-corrected chi connectivity index (χ0v) is 12.9. The van der Waals surface area contributed by atoms with Crippen LogP contribution in [0.15, 0.2) is 29.1 Å². The number of rotatable bonds is 3. The van der Waals surface area contributed by atoms with Crippen LogP contribution in [0.2, 0.25) is 5.02 Å². The summed E-state index contributed by atoms with van der Waals surface area (Å²) in [5, 5.41) is 6.74. The van der Waals surface area contributed by atoms with Crippen molar-refractivity contribution in [3.63, 3.8) is 0 Å². The highest BCUT2D eigenvalue weighted by atomic mass is 35.5. The fourth-order valence-corrected chi connectivity index (χ4v) is 2.35. The summed E-state index contributed by atoms with van der Waals surface area (Å²) in [7, 11) is 1.56. The second kappa shape index (κ2) is 5.73. The first-order valence-corrected chi connectivity index (χ1v) is 7.08. The van der Waals surface area contributed by atoms with Gasteiger partial charge in [-0.25, -0.2) is 4.98 Å². The fraction of sp³-hybridized carbons (Fsp3) is 0.143. The lowest BCUT2D eigenvalue weighted by atomic mass is 10.2. The van der Waals surface area contributed by atoms with E-state index in [0.29, 0.717) is 16.7 Å². The molecule has 0 atom stereocenters. The van der Waals surface area contributed by atoms with Crippen molar-refractivity contribution >= 4 is 34.2 Å². The molecule has 0 spiro atoms. The molecule has 1 aromatic carbocycles. The van der Waals surface area contributed by atoms with Gasteiger partial charge in [-0.2, -0.15) is 5.10 Å². The Kier molecular flexibility index (Phi) is 3.75. The van der Waals surface area contributed by atoms with E-state index in [4.69, 9.17) is 17.3 Å². The fourth-order valence-electron chi connectivity index (χ4n) is 2.18. The van der Waals surface area contributed by atoms with Crippen LogP contribution in [0.5, 0.6) is 0 Å². The van der Waals surface area contributed by atoms with E-state index in [1.165, 1.54) is 4.90 Å². The SMILES string of the molecule is CN(Cc1nc2ccccc2c(=O)[nH]1)C(=O)c1[nH]nc(N)c1Cl. The second-order valence-corrected chi connectivity index (χ2v) is 5.37. The number of anilines is 1. The van der Waals surface area contributed by atoms with E-state index >= 15 is 0 Å². The van der Waals surface area contributed by atoms with E-state index in [0.717, 1.165) is 0 Å². The molecule has 0 saturated heterocycles. The Hall–Kier alpha value is -2.87. The number of nitrogens with two attached hydrogens (primary N) is 1. The van der Waals surface area contributed by atoms with Gasteiger partial charge in [0.15, 0.2) is 5.82 Å². The van der Waals surface area contributed by atoms with Gasteiger partial charge in [-0.3, -0.25) is 14.7 Å². The number of aromatic amines is 2. The average Bonchev–Trinajstić information content (AvgIpc) is 2.86. The molecular formula is C14H13ClN6O2. The largest absolute Gasteiger partial charge is 0.381 e. The molecule has 2 heterocycles. The topological polar surface area (TPSA) is 121 Å². The molecule has 2 aromatic heterocycles. The van der Waals surface area contributed by atoms with E-state index in [9.17, 15) is 9.59 Å². The normalized spacial score (nSPS) is 10.9. The minimum atomic E-state index is -0.407. The number of hydrogen-bond donors (Lipinski definition) is 3. The molecule has 3 aromatic rings. The maximum atomic E-state index is 12.3. The summed E-state index contributed by atoms with van der Waals surface area (Å²) in [4.78, 5) is 32.7. The lowest BCUT2D eigenvalue weighted by Gasteiger charge is -2.15. The number of carbonyl (C=O) groups is 1. The number of nitrogen functional groups attached to an aromatic ring is 1. The van der Waals surface area contributed by atoms with Crippen molar-refractivity contribution in [2.24, 2.45) is 0 Å². The van der Waals surface area contributed by atoms with E-state index in [-0.39, 0.29) is 28.6 Å². The number of fused-ring (bicyclic) bond motifs is 1. The van der Waals surface area contributed by atoms with E-state index in [1.807, 2.05) is 0 Å². The molecule has 0 bridgehead atoms. The molecule has 0 aliphatic carbocycles. The second-order valence-electron chi connectivity index (χ2n) is 4.99. The number of amides is 1. The van der Waals surface area contributed by atoms with Crippen molar-refractivity contribution in [2.75, 3.05) is 12.8 Å². The first-order chi connectivity index (χ1) is 11.0. The maximum Gasteiger partial charge on any atom is 0.273 e. The van der Waals surface area contributed by atoms with Crippen LogP contribution in [0.4, 0.5) is 5.82 Å². The molecule has 0 aliphatic rings. The summed E-state index contributed by atoms with van der Waals surface area (Å²) in [5.74, 6) is 0.0174. The molecular weight excluding hydrogens is 320 g/mol. The third-order valence-electron chi connectivity index (χ3n) is 3.34. The lowest BCUT2D eigenvalue weighted by Crippen LogP contribution is -2.28. The summed E-state index contributed by atoms with van der Waals surface area (Å²) >= 11 is 5.91. The quantitative estimate of drug-likeness (QED) is 0.664. The van der Waals surface area contributed by atoms with Crippen LogP contribution in [0.25, 0.3) is 10.9 Å². The van der Waals surface area contributed by atoms with Crippen molar-refractivity contribution in [1.29, 1.82) is 0 Å². The maximum absolute atomic E-state index is 12.3. The number of H-pyrrole nitrogens is 2. The molecule has 118 valence electrons. The Labute approximate surface area is 135 Å². The lowest BCUT2D eigenvalue weighted by molar-refractivity contribution is 0.0776. The molecule has 9 heteroatoms. The Morgan fingerprint density at radius 2 is 2.13 bits per heavy atom. The zero-order chi connectivity index (χ0) is 16.6. The third kappa shape index (κ3) is 2.76. The van der Waals surface area contributed by atoms with Gasteiger partial charge >= 0.3 is 0 Å². The smallest absolute Gasteiger partial charge is 0.273 e. The molecule has 0 aliphatic heterocycles. The van der Waals surface area contributed by atoms with Crippen LogP contribution in [0.1, 0.15) is 16.3 Å². The molecule has 1 amide bonds. The van der Waals surface area contributed by atoms with Crippen LogP contribution >= 0.6 is 11.6 Å². The minimum Gasteiger partial charge on any atom is -0.381 e. The summed E-state index contributed by atoms with van der Waals surface area (Å²) in [5.41, 5.74) is 5.91. The van der Waals surface area contributed by atoms with Gasteiger partial charge in [0.25, 0.3) is 11.5 Å². The van der Waals surface area contributed by atoms with Crippen molar-refractivity contribution in [2.45, 2.75) is 6.54 Å². The highest BCUT2D eigenvalue weighted by Gasteiger charge is 2.20. The molecule has 4 N–H and O–H groups in total. The van der Waals surface area contributed by atoms with Gasteiger partial charge in [0.2, 0.25) is 0 Å². The van der Waals surface area contributed by atoms with Crippen molar-refractivity contribution in [1.82, 2.24) is 25.1 Å². The molecule has 0 fully saturated rings. The third-order valence-corrected chi connectivity index (χ3v) is 3.72. The summed E-state index contributed by atoms with van der Waals surface area (Å²) < 4.78 is 0. The Morgan fingerprint density at radius 3 is 2.83 bits per heavy atom. The standard InChI is InChI=1S/C14H13ClN6O2/c1-21(14(23)11-10(15)12(16)20-19-11)6-9-17-8-5-3-2-4-7(8)13(22)18-9/h2-5H,6H2,1H3,(H3,16,19,20)(H,17,18,22). The molecule has 0 saturated carbocycles. The zero-order valence-electron chi connectivity index (χ0n) is 12.1. The summed E-state index contributed by atoms with van der Waals surface area (Å²) in [6.45, 7) is 0.105. The number of hydrogen-bond acceptors (Lipinski definition) is 5. The van der Waals surface area contributed by atoms with Gasteiger partial charge in [-0.15, -0.1) is 0 Å². The monoisotopic (exact) mass is 332 g/mol. The van der Waals surface area contributed by atoms with Crippen LogP contribution in [0.3, 0.4) is 0 Å². The average molecular weight is 333 g/mol. The minimum absolute atomic E-state index is 0.0562. The number of para-hydroxylation sites is 1. The Morgan fingerprint density at radius 1 is 1.39 bits per heavy atom. The molecule has 8 nitrogen and oxygen atoms in total. The van der Waals surface area contributed by atoms with E-state index in [2.05, 4.69) is 20.2 Å². The van der Waals surface area contributed by atoms with E-state index in [1.54, 1.807) is 31.3 Å². The number of halogens is 1. The number of aromatic nitrogens is 4. The highest BCUT2D eigenvalue weighted by molar-refractivity contribution is 6.35. The van der Waals surface area contributed by atoms with Crippen LogP contribution in [-0.4, -0.2) is 38.0 Å². The van der Waals surface area contributed by atoms with Crippen LogP contribution in [-0.2, 0) is 6.54 Å². The molecule has 0 radical (unpaired) electrons. The predicted molar refractivity (Wildman–Crippen MR) is 86.2 cm³/mol. The summed E-state index contributed by atoms with van der Waals surface area (Å²) in [6.07, 6.45) is 0. The van der Waals surface area contributed by atoms with Gasteiger partial charge < -0.3 is 15.6 Å². The van der Waals surface area contributed by atoms with Gasteiger partial charge in [0.05, 0.1) is 17.4 Å².